The number of amides is 1. The summed E-state index contributed by atoms with van der Waals surface area (Å²) in [5, 5.41) is 2.63. The van der Waals surface area contributed by atoms with Gasteiger partial charge in [0.05, 0.1) is 0 Å². The van der Waals surface area contributed by atoms with Gasteiger partial charge < -0.3 is 10.7 Å². The van der Waals surface area contributed by atoms with Gasteiger partial charge in [0.1, 0.15) is 5.82 Å². The van der Waals surface area contributed by atoms with E-state index in [2.05, 4.69) is 10.7 Å². The summed E-state index contributed by atoms with van der Waals surface area (Å²) in [6.07, 6.45) is 0. The third-order valence-electron chi connectivity index (χ3n) is 2.74. The number of benzene rings is 2. The monoisotopic (exact) mass is 259 g/mol. The second-order valence-corrected chi connectivity index (χ2v) is 4.14. The standard InChI is InChI=1S/C14H14FN3O/c1-9-2-5-12(8-13(9)15)17-14(19)10-3-6-11(18-16)7-4-10/h2-8,18H,16H2,1H3,(H,17,19). The molecule has 0 bridgehead atoms. The van der Waals surface area contributed by atoms with Crippen molar-refractivity contribution in [2.45, 2.75) is 6.92 Å². The molecule has 0 aliphatic rings. The number of hydrazine groups is 1. The summed E-state index contributed by atoms with van der Waals surface area (Å²) in [6.45, 7) is 1.67. The van der Waals surface area contributed by atoms with Crippen LogP contribution in [0.2, 0.25) is 0 Å². The molecule has 4 N–H and O–H groups in total. The maximum absolute atomic E-state index is 13.4. The molecule has 19 heavy (non-hydrogen) atoms. The van der Waals surface area contributed by atoms with E-state index in [1.54, 1.807) is 43.3 Å². The zero-order valence-corrected chi connectivity index (χ0v) is 10.4. The normalized spacial score (nSPS) is 10.1. The fraction of sp³-hybridized carbons (Fsp3) is 0.0714. The lowest BCUT2D eigenvalue weighted by Crippen LogP contribution is -2.12. The van der Waals surface area contributed by atoms with Crippen LogP contribution in [0.3, 0.4) is 0 Å². The molecule has 0 atom stereocenters. The van der Waals surface area contributed by atoms with E-state index >= 15 is 0 Å². The van der Waals surface area contributed by atoms with E-state index in [0.717, 1.165) is 0 Å². The topological polar surface area (TPSA) is 67.2 Å². The summed E-state index contributed by atoms with van der Waals surface area (Å²) in [6, 6.07) is 11.2. The summed E-state index contributed by atoms with van der Waals surface area (Å²) in [4.78, 5) is 11.9. The fourth-order valence-electron chi connectivity index (χ4n) is 1.59. The predicted octanol–water partition coefficient (Wildman–Crippen LogP) is 2.67. The van der Waals surface area contributed by atoms with Gasteiger partial charge in [0, 0.05) is 16.9 Å². The molecule has 2 rings (SSSR count). The van der Waals surface area contributed by atoms with E-state index in [0.29, 0.717) is 22.5 Å². The van der Waals surface area contributed by atoms with Crippen molar-refractivity contribution in [3.05, 3.63) is 59.4 Å². The SMILES string of the molecule is Cc1ccc(NC(=O)c2ccc(NN)cc2)cc1F. The maximum Gasteiger partial charge on any atom is 0.255 e. The zero-order valence-electron chi connectivity index (χ0n) is 10.4. The summed E-state index contributed by atoms with van der Waals surface area (Å²) in [5.41, 5.74) is 4.62. The van der Waals surface area contributed by atoms with Crippen LogP contribution in [0.4, 0.5) is 15.8 Å². The van der Waals surface area contributed by atoms with Gasteiger partial charge in [-0.15, -0.1) is 0 Å². The number of hydrogen-bond acceptors (Lipinski definition) is 3. The molecule has 4 nitrogen and oxygen atoms in total. The van der Waals surface area contributed by atoms with Crippen LogP contribution in [-0.2, 0) is 0 Å². The molecule has 0 radical (unpaired) electrons. The van der Waals surface area contributed by atoms with E-state index in [9.17, 15) is 9.18 Å². The van der Waals surface area contributed by atoms with Crippen molar-refractivity contribution in [1.82, 2.24) is 0 Å². The van der Waals surface area contributed by atoms with Crippen molar-refractivity contribution in [2.24, 2.45) is 5.84 Å². The molecular formula is C14H14FN3O. The van der Waals surface area contributed by atoms with Crippen LogP contribution in [0.25, 0.3) is 0 Å². The third kappa shape index (κ3) is 3.08. The summed E-state index contributed by atoms with van der Waals surface area (Å²) in [7, 11) is 0. The van der Waals surface area contributed by atoms with Gasteiger partial charge >= 0.3 is 0 Å². The molecule has 0 saturated carbocycles. The minimum absolute atomic E-state index is 0.299. The number of nitrogen functional groups attached to an aromatic ring is 1. The lowest BCUT2D eigenvalue weighted by atomic mass is 10.1. The van der Waals surface area contributed by atoms with Crippen molar-refractivity contribution in [3.63, 3.8) is 0 Å². The summed E-state index contributed by atoms with van der Waals surface area (Å²) >= 11 is 0. The average Bonchev–Trinajstić information content (AvgIpc) is 2.43. The Hall–Kier alpha value is -2.40. The maximum atomic E-state index is 13.4. The van der Waals surface area contributed by atoms with Crippen molar-refractivity contribution in [3.8, 4) is 0 Å². The zero-order chi connectivity index (χ0) is 13.8. The fourth-order valence-corrected chi connectivity index (χ4v) is 1.59. The molecule has 0 aliphatic heterocycles. The lowest BCUT2D eigenvalue weighted by molar-refractivity contribution is 0.102. The summed E-state index contributed by atoms with van der Waals surface area (Å²) in [5.74, 6) is 4.59. The molecule has 5 heteroatoms. The van der Waals surface area contributed by atoms with Crippen molar-refractivity contribution < 1.29 is 9.18 Å². The quantitative estimate of drug-likeness (QED) is 0.586. The number of aryl methyl sites for hydroxylation is 1. The molecule has 2 aromatic rings. The van der Waals surface area contributed by atoms with E-state index in [-0.39, 0.29) is 11.7 Å². The Morgan fingerprint density at radius 1 is 1.11 bits per heavy atom. The first-order chi connectivity index (χ1) is 9.10. The molecule has 0 aliphatic carbocycles. The second kappa shape index (κ2) is 5.49. The minimum Gasteiger partial charge on any atom is -0.324 e. The van der Waals surface area contributed by atoms with E-state index in [4.69, 9.17) is 5.84 Å². The Morgan fingerprint density at radius 3 is 2.32 bits per heavy atom. The van der Waals surface area contributed by atoms with Gasteiger partial charge in [-0.2, -0.15) is 0 Å². The molecule has 0 spiro atoms. The van der Waals surface area contributed by atoms with Crippen molar-refractivity contribution >= 4 is 17.3 Å². The first kappa shape index (κ1) is 13.0. The van der Waals surface area contributed by atoms with Gasteiger partial charge in [0.2, 0.25) is 0 Å². The van der Waals surface area contributed by atoms with Crippen LogP contribution in [0.1, 0.15) is 15.9 Å². The highest BCUT2D eigenvalue weighted by molar-refractivity contribution is 6.04. The van der Waals surface area contributed by atoms with Crippen LogP contribution in [0.15, 0.2) is 42.5 Å². The highest BCUT2D eigenvalue weighted by Crippen LogP contribution is 2.15. The van der Waals surface area contributed by atoms with Crippen LogP contribution >= 0.6 is 0 Å². The highest BCUT2D eigenvalue weighted by Gasteiger charge is 2.07. The van der Waals surface area contributed by atoms with E-state index < -0.39 is 0 Å². The Morgan fingerprint density at radius 2 is 1.74 bits per heavy atom. The first-order valence-corrected chi connectivity index (χ1v) is 5.74. The van der Waals surface area contributed by atoms with E-state index in [1.807, 2.05) is 0 Å². The number of rotatable bonds is 3. The smallest absolute Gasteiger partial charge is 0.255 e. The molecule has 1 amide bonds. The molecule has 0 unspecified atom stereocenters. The van der Waals surface area contributed by atoms with Gasteiger partial charge in [-0.3, -0.25) is 10.6 Å². The number of anilines is 2. The largest absolute Gasteiger partial charge is 0.324 e. The third-order valence-corrected chi connectivity index (χ3v) is 2.74. The Bertz CT molecular complexity index is 596. The minimum atomic E-state index is -0.347. The van der Waals surface area contributed by atoms with Crippen LogP contribution in [0.5, 0.6) is 0 Å². The molecule has 0 aromatic heterocycles. The van der Waals surface area contributed by atoms with Crippen molar-refractivity contribution in [2.75, 3.05) is 10.7 Å². The number of carbonyl (C=O) groups is 1. The molecule has 0 saturated heterocycles. The number of hydrogen-bond donors (Lipinski definition) is 3. The van der Waals surface area contributed by atoms with Gasteiger partial charge in [0.25, 0.3) is 5.91 Å². The van der Waals surface area contributed by atoms with Gasteiger partial charge in [-0.05, 0) is 48.9 Å². The highest BCUT2D eigenvalue weighted by atomic mass is 19.1. The predicted molar refractivity (Wildman–Crippen MR) is 73.3 cm³/mol. The van der Waals surface area contributed by atoms with Crippen molar-refractivity contribution in [1.29, 1.82) is 0 Å². The number of nitrogens with two attached hydrogens (primary N) is 1. The van der Waals surface area contributed by atoms with Gasteiger partial charge in [0.15, 0.2) is 0 Å². The van der Waals surface area contributed by atoms with Gasteiger partial charge in [-0.25, -0.2) is 4.39 Å². The van der Waals surface area contributed by atoms with E-state index in [1.165, 1.54) is 6.07 Å². The Kier molecular flexibility index (Phi) is 3.77. The average molecular weight is 259 g/mol. The Balaban J connectivity index is 2.13. The number of nitrogens with one attached hydrogen (secondary N) is 2. The summed E-state index contributed by atoms with van der Waals surface area (Å²) < 4.78 is 13.4. The molecule has 98 valence electrons. The van der Waals surface area contributed by atoms with Crippen LogP contribution in [0, 0.1) is 12.7 Å². The molecule has 0 heterocycles. The first-order valence-electron chi connectivity index (χ1n) is 5.74. The number of carbonyl (C=O) groups excluding carboxylic acids is 1. The second-order valence-electron chi connectivity index (χ2n) is 4.14. The van der Waals surface area contributed by atoms with Crippen LogP contribution in [-0.4, -0.2) is 5.91 Å². The molecule has 2 aromatic carbocycles. The molecule has 0 fully saturated rings. The van der Waals surface area contributed by atoms with Gasteiger partial charge in [-0.1, -0.05) is 6.07 Å². The lowest BCUT2D eigenvalue weighted by Gasteiger charge is -2.07. The molecular weight excluding hydrogens is 245 g/mol. The number of halogens is 1. The van der Waals surface area contributed by atoms with Crippen LogP contribution < -0.4 is 16.6 Å². The Labute approximate surface area is 110 Å².